The van der Waals surface area contributed by atoms with Crippen molar-refractivity contribution in [3.05, 3.63) is 42.5 Å². The van der Waals surface area contributed by atoms with Gasteiger partial charge < -0.3 is 10.0 Å². The SMILES string of the molecule is CCn1ncnc1CN(CC(=O)O)c1ccccc1. The van der Waals surface area contributed by atoms with Crippen LogP contribution in [0.25, 0.3) is 0 Å². The molecule has 0 aliphatic carbocycles. The lowest BCUT2D eigenvalue weighted by Gasteiger charge is -2.22. The largest absolute Gasteiger partial charge is 0.480 e. The molecule has 1 N–H and O–H groups in total. The summed E-state index contributed by atoms with van der Waals surface area (Å²) in [6.45, 7) is 3.04. The predicted molar refractivity (Wildman–Crippen MR) is 70.8 cm³/mol. The smallest absolute Gasteiger partial charge is 0.323 e. The van der Waals surface area contributed by atoms with Gasteiger partial charge in [0.15, 0.2) is 0 Å². The van der Waals surface area contributed by atoms with Gasteiger partial charge in [-0.1, -0.05) is 18.2 Å². The minimum Gasteiger partial charge on any atom is -0.480 e. The number of para-hydroxylation sites is 1. The summed E-state index contributed by atoms with van der Waals surface area (Å²) in [5, 5.41) is 13.1. The van der Waals surface area contributed by atoms with E-state index >= 15 is 0 Å². The summed E-state index contributed by atoms with van der Waals surface area (Å²) in [6, 6.07) is 9.44. The normalized spacial score (nSPS) is 10.4. The van der Waals surface area contributed by atoms with E-state index in [1.165, 1.54) is 6.33 Å². The molecule has 6 nitrogen and oxygen atoms in total. The number of nitrogens with zero attached hydrogens (tertiary/aromatic N) is 4. The Kier molecular flexibility index (Phi) is 4.12. The van der Waals surface area contributed by atoms with Gasteiger partial charge in [-0.2, -0.15) is 5.10 Å². The number of hydrogen-bond donors (Lipinski definition) is 1. The van der Waals surface area contributed by atoms with Gasteiger partial charge >= 0.3 is 5.97 Å². The fourth-order valence-electron chi connectivity index (χ4n) is 1.89. The van der Waals surface area contributed by atoms with Crippen LogP contribution in [0.4, 0.5) is 5.69 Å². The van der Waals surface area contributed by atoms with Gasteiger partial charge in [0.1, 0.15) is 18.7 Å². The van der Waals surface area contributed by atoms with Crippen LogP contribution in [-0.2, 0) is 17.9 Å². The lowest BCUT2D eigenvalue weighted by Crippen LogP contribution is -2.30. The molecule has 6 heteroatoms. The summed E-state index contributed by atoms with van der Waals surface area (Å²) in [6.07, 6.45) is 1.49. The zero-order valence-corrected chi connectivity index (χ0v) is 10.7. The summed E-state index contributed by atoms with van der Waals surface area (Å²) in [5.74, 6) is -0.112. The number of carboxylic acid groups (broad SMARTS) is 1. The molecule has 0 bridgehead atoms. The lowest BCUT2D eigenvalue weighted by molar-refractivity contribution is -0.135. The molecule has 0 unspecified atom stereocenters. The highest BCUT2D eigenvalue weighted by atomic mass is 16.4. The third-order valence-electron chi connectivity index (χ3n) is 2.78. The zero-order valence-electron chi connectivity index (χ0n) is 10.7. The molecule has 2 rings (SSSR count). The van der Waals surface area contributed by atoms with Crippen molar-refractivity contribution in [3.63, 3.8) is 0 Å². The van der Waals surface area contributed by atoms with Crippen LogP contribution >= 0.6 is 0 Å². The van der Waals surface area contributed by atoms with E-state index in [1.54, 1.807) is 9.58 Å². The molecular weight excluding hydrogens is 244 g/mol. The number of aromatic nitrogens is 3. The molecule has 0 radical (unpaired) electrons. The minimum atomic E-state index is -0.869. The van der Waals surface area contributed by atoms with Crippen LogP contribution in [0.1, 0.15) is 12.7 Å². The minimum absolute atomic E-state index is 0.0689. The van der Waals surface area contributed by atoms with Crippen LogP contribution in [-0.4, -0.2) is 32.4 Å². The van der Waals surface area contributed by atoms with Crippen LogP contribution in [0.5, 0.6) is 0 Å². The van der Waals surface area contributed by atoms with Crippen LogP contribution in [0.3, 0.4) is 0 Å². The van der Waals surface area contributed by atoms with Crippen molar-refractivity contribution in [2.45, 2.75) is 20.0 Å². The summed E-state index contributed by atoms with van der Waals surface area (Å²) in [5.41, 5.74) is 0.857. The Morgan fingerprint density at radius 1 is 1.37 bits per heavy atom. The van der Waals surface area contributed by atoms with Crippen LogP contribution < -0.4 is 4.90 Å². The van der Waals surface area contributed by atoms with Crippen molar-refractivity contribution in [1.29, 1.82) is 0 Å². The summed E-state index contributed by atoms with van der Waals surface area (Å²) < 4.78 is 1.76. The summed E-state index contributed by atoms with van der Waals surface area (Å²) in [4.78, 5) is 16.9. The Balaban J connectivity index is 2.21. The van der Waals surface area contributed by atoms with E-state index < -0.39 is 5.97 Å². The lowest BCUT2D eigenvalue weighted by atomic mass is 10.3. The van der Waals surface area contributed by atoms with Crippen LogP contribution in [0.2, 0.25) is 0 Å². The van der Waals surface area contributed by atoms with E-state index in [1.807, 2.05) is 37.3 Å². The zero-order chi connectivity index (χ0) is 13.7. The Bertz CT molecular complexity index is 539. The number of aryl methyl sites for hydroxylation is 1. The molecule has 0 atom stereocenters. The van der Waals surface area contributed by atoms with Gasteiger partial charge in [-0.05, 0) is 19.1 Å². The van der Waals surface area contributed by atoms with Gasteiger partial charge in [0, 0.05) is 12.2 Å². The van der Waals surface area contributed by atoms with Gasteiger partial charge in [-0.15, -0.1) is 0 Å². The molecule has 2 aromatic rings. The van der Waals surface area contributed by atoms with E-state index in [0.29, 0.717) is 13.1 Å². The van der Waals surface area contributed by atoms with E-state index in [2.05, 4.69) is 10.1 Å². The highest BCUT2D eigenvalue weighted by Crippen LogP contribution is 2.15. The molecule has 0 aliphatic rings. The molecule has 0 spiro atoms. The second-order valence-corrected chi connectivity index (χ2v) is 4.08. The van der Waals surface area contributed by atoms with Crippen molar-refractivity contribution >= 4 is 11.7 Å². The molecule has 1 heterocycles. The fraction of sp³-hybridized carbons (Fsp3) is 0.308. The van der Waals surface area contributed by atoms with E-state index in [9.17, 15) is 4.79 Å². The first kappa shape index (κ1) is 13.1. The van der Waals surface area contributed by atoms with Gasteiger partial charge in [-0.25, -0.2) is 9.67 Å². The van der Waals surface area contributed by atoms with Crippen molar-refractivity contribution in [2.75, 3.05) is 11.4 Å². The maximum atomic E-state index is 11.0. The van der Waals surface area contributed by atoms with Crippen molar-refractivity contribution in [1.82, 2.24) is 14.8 Å². The quantitative estimate of drug-likeness (QED) is 0.849. The maximum absolute atomic E-state index is 11.0. The topological polar surface area (TPSA) is 71.2 Å². The molecular formula is C13H16N4O2. The van der Waals surface area contributed by atoms with Crippen molar-refractivity contribution in [2.24, 2.45) is 0 Å². The van der Waals surface area contributed by atoms with Crippen LogP contribution in [0.15, 0.2) is 36.7 Å². The molecule has 0 aliphatic heterocycles. The van der Waals surface area contributed by atoms with Gasteiger partial charge in [0.25, 0.3) is 0 Å². The molecule has 0 fully saturated rings. The number of carboxylic acids is 1. The van der Waals surface area contributed by atoms with E-state index in [4.69, 9.17) is 5.11 Å². The van der Waals surface area contributed by atoms with Crippen LogP contribution in [0, 0.1) is 0 Å². The number of aliphatic carboxylic acids is 1. The Labute approximate surface area is 111 Å². The van der Waals surface area contributed by atoms with Crippen molar-refractivity contribution < 1.29 is 9.90 Å². The number of benzene rings is 1. The maximum Gasteiger partial charge on any atom is 0.323 e. The third-order valence-corrected chi connectivity index (χ3v) is 2.78. The number of hydrogen-bond acceptors (Lipinski definition) is 4. The van der Waals surface area contributed by atoms with Crippen molar-refractivity contribution in [3.8, 4) is 0 Å². The number of rotatable bonds is 6. The Hall–Kier alpha value is -2.37. The van der Waals surface area contributed by atoms with Gasteiger partial charge in [0.05, 0.1) is 6.54 Å². The molecule has 1 aromatic heterocycles. The molecule has 0 amide bonds. The molecule has 1 aromatic carbocycles. The number of anilines is 1. The van der Waals surface area contributed by atoms with E-state index in [0.717, 1.165) is 11.5 Å². The fourth-order valence-corrected chi connectivity index (χ4v) is 1.89. The number of carbonyl (C=O) groups is 1. The first-order chi connectivity index (χ1) is 9.20. The Morgan fingerprint density at radius 3 is 2.74 bits per heavy atom. The first-order valence-electron chi connectivity index (χ1n) is 6.09. The monoisotopic (exact) mass is 260 g/mol. The standard InChI is InChI=1S/C13H16N4O2/c1-2-17-12(14-10-15-17)8-16(9-13(18)19)11-6-4-3-5-7-11/h3-7,10H,2,8-9H2,1H3,(H,18,19). The van der Waals surface area contributed by atoms with Gasteiger partial charge in [0.2, 0.25) is 0 Å². The predicted octanol–water partition coefficient (Wildman–Crippen LogP) is 1.39. The summed E-state index contributed by atoms with van der Waals surface area (Å²) >= 11 is 0. The molecule has 0 saturated heterocycles. The third kappa shape index (κ3) is 3.31. The molecule has 0 saturated carbocycles. The average molecular weight is 260 g/mol. The highest BCUT2D eigenvalue weighted by molar-refractivity contribution is 5.73. The summed E-state index contributed by atoms with van der Waals surface area (Å²) in [7, 11) is 0. The second-order valence-electron chi connectivity index (χ2n) is 4.08. The second kappa shape index (κ2) is 5.99. The average Bonchev–Trinajstić information content (AvgIpc) is 2.86. The molecule has 100 valence electrons. The first-order valence-corrected chi connectivity index (χ1v) is 6.09. The molecule has 19 heavy (non-hydrogen) atoms. The highest BCUT2D eigenvalue weighted by Gasteiger charge is 2.14. The van der Waals surface area contributed by atoms with Gasteiger partial charge in [-0.3, -0.25) is 4.79 Å². The van der Waals surface area contributed by atoms with E-state index in [-0.39, 0.29) is 6.54 Å². The Morgan fingerprint density at radius 2 is 2.11 bits per heavy atom.